The van der Waals surface area contributed by atoms with E-state index in [4.69, 9.17) is 11.6 Å². The molecule has 0 saturated carbocycles. The molecule has 2 aromatic heterocycles. The number of alkyl halides is 1. The van der Waals surface area contributed by atoms with Crippen molar-refractivity contribution in [1.82, 2.24) is 9.97 Å². The minimum absolute atomic E-state index is 0.619. The van der Waals surface area contributed by atoms with E-state index in [1.807, 2.05) is 0 Å². The van der Waals surface area contributed by atoms with Crippen molar-refractivity contribution in [2.75, 3.05) is 17.7 Å². The molecule has 2 aromatic rings. The molecule has 0 saturated heterocycles. The van der Waals surface area contributed by atoms with E-state index in [0.717, 1.165) is 34.9 Å². The first-order valence-corrected chi connectivity index (χ1v) is 8.16. The van der Waals surface area contributed by atoms with Gasteiger partial charge in [-0.05, 0) is 36.6 Å². The second-order valence-electron chi connectivity index (χ2n) is 4.83. The molecule has 1 unspecified atom stereocenters. The van der Waals surface area contributed by atoms with Crippen LogP contribution in [0.25, 0.3) is 10.2 Å². The first kappa shape index (κ1) is 14.5. The van der Waals surface area contributed by atoms with Crippen molar-refractivity contribution in [3.63, 3.8) is 0 Å². The Morgan fingerprint density at radius 1 is 1.37 bits per heavy atom. The van der Waals surface area contributed by atoms with E-state index in [0.29, 0.717) is 5.92 Å². The summed E-state index contributed by atoms with van der Waals surface area (Å²) >= 11 is 7.57. The van der Waals surface area contributed by atoms with Crippen LogP contribution in [0.3, 0.4) is 0 Å². The number of thiophene rings is 1. The highest BCUT2D eigenvalue weighted by Crippen LogP contribution is 2.28. The quantitative estimate of drug-likeness (QED) is 0.767. The van der Waals surface area contributed by atoms with Crippen molar-refractivity contribution in [3.8, 4) is 0 Å². The summed E-state index contributed by atoms with van der Waals surface area (Å²) < 4.78 is 1.15. The second kappa shape index (κ2) is 7.06. The van der Waals surface area contributed by atoms with Crippen LogP contribution in [0.15, 0.2) is 11.7 Å². The number of hydrogen-bond donors (Lipinski definition) is 1. The molecule has 1 atom stereocenters. The van der Waals surface area contributed by atoms with Gasteiger partial charge >= 0.3 is 0 Å². The lowest BCUT2D eigenvalue weighted by atomic mass is 10.0. The molecule has 0 spiro atoms. The van der Waals surface area contributed by atoms with Crippen LogP contribution in [0.2, 0.25) is 0 Å². The minimum atomic E-state index is 0.619. The molecule has 0 radical (unpaired) electrons. The maximum Gasteiger partial charge on any atom is 0.147 e. The molecule has 0 aromatic carbocycles. The summed E-state index contributed by atoms with van der Waals surface area (Å²) in [5.74, 6) is 2.30. The van der Waals surface area contributed by atoms with Gasteiger partial charge in [0, 0.05) is 12.4 Å². The average Bonchev–Trinajstić information content (AvgIpc) is 2.79. The fraction of sp³-hybridized carbons (Fsp3) is 0.571. The van der Waals surface area contributed by atoms with Crippen molar-refractivity contribution in [3.05, 3.63) is 17.3 Å². The molecule has 0 aliphatic rings. The number of rotatable bonds is 7. The van der Waals surface area contributed by atoms with Crippen molar-refractivity contribution in [2.45, 2.75) is 33.1 Å². The molecule has 5 heteroatoms. The predicted octanol–water partition coefficient (Wildman–Crippen LogP) is 4.46. The zero-order valence-electron chi connectivity index (χ0n) is 11.4. The summed E-state index contributed by atoms with van der Waals surface area (Å²) in [6, 6.07) is 0. The Hall–Kier alpha value is -0.870. The lowest BCUT2D eigenvalue weighted by Crippen LogP contribution is -2.15. The van der Waals surface area contributed by atoms with Gasteiger partial charge in [-0.25, -0.2) is 9.97 Å². The topological polar surface area (TPSA) is 37.8 Å². The molecule has 2 rings (SSSR count). The van der Waals surface area contributed by atoms with Crippen LogP contribution < -0.4 is 5.32 Å². The first-order valence-electron chi connectivity index (χ1n) is 6.74. The fourth-order valence-electron chi connectivity index (χ4n) is 2.25. The molecular weight excluding hydrogens is 278 g/mol. The first-order chi connectivity index (χ1) is 9.26. The molecule has 3 nitrogen and oxygen atoms in total. The van der Waals surface area contributed by atoms with Crippen LogP contribution in [-0.4, -0.2) is 22.4 Å². The Bertz CT molecular complexity index is 520. The van der Waals surface area contributed by atoms with Gasteiger partial charge in [-0.15, -0.1) is 22.9 Å². The summed E-state index contributed by atoms with van der Waals surface area (Å²) in [7, 11) is 0. The number of hydrogen-bond acceptors (Lipinski definition) is 4. The van der Waals surface area contributed by atoms with Crippen LogP contribution in [0.1, 0.15) is 31.7 Å². The number of aryl methyl sites for hydroxylation is 1. The Kier molecular flexibility index (Phi) is 5.40. The van der Waals surface area contributed by atoms with Crippen molar-refractivity contribution in [1.29, 1.82) is 0 Å². The SMILES string of the molecule is CCCC(CCCl)CNc1ncnc2c(C)csc12. The molecule has 19 heavy (non-hydrogen) atoms. The fourth-order valence-corrected chi connectivity index (χ4v) is 3.52. The van der Waals surface area contributed by atoms with Gasteiger partial charge in [0.25, 0.3) is 0 Å². The van der Waals surface area contributed by atoms with Gasteiger partial charge in [0.15, 0.2) is 0 Å². The maximum absolute atomic E-state index is 5.86. The highest BCUT2D eigenvalue weighted by molar-refractivity contribution is 7.18. The van der Waals surface area contributed by atoms with Gasteiger partial charge in [-0.2, -0.15) is 0 Å². The van der Waals surface area contributed by atoms with Crippen LogP contribution in [0.4, 0.5) is 5.82 Å². The highest BCUT2D eigenvalue weighted by atomic mass is 35.5. The largest absolute Gasteiger partial charge is 0.369 e. The van der Waals surface area contributed by atoms with Gasteiger partial charge < -0.3 is 5.32 Å². The molecule has 104 valence electrons. The van der Waals surface area contributed by atoms with E-state index < -0.39 is 0 Å². The smallest absolute Gasteiger partial charge is 0.147 e. The van der Waals surface area contributed by atoms with E-state index in [1.165, 1.54) is 18.4 Å². The summed E-state index contributed by atoms with van der Waals surface area (Å²) in [6.45, 7) is 5.24. The third-order valence-corrected chi connectivity index (χ3v) is 4.62. The standard InChI is InChI=1S/C14H20ClN3S/c1-3-4-11(5-6-15)7-16-14-13-12(17-9-18-14)10(2)8-19-13/h8-9,11H,3-7H2,1-2H3,(H,16,17,18). The number of anilines is 1. The van der Waals surface area contributed by atoms with Crippen molar-refractivity contribution in [2.24, 2.45) is 5.92 Å². The van der Waals surface area contributed by atoms with E-state index >= 15 is 0 Å². The maximum atomic E-state index is 5.86. The number of fused-ring (bicyclic) bond motifs is 1. The van der Waals surface area contributed by atoms with Crippen LogP contribution in [0.5, 0.6) is 0 Å². The molecule has 0 bridgehead atoms. The Balaban J connectivity index is 2.08. The number of nitrogens with one attached hydrogen (secondary N) is 1. The van der Waals surface area contributed by atoms with E-state index in [2.05, 4.69) is 34.5 Å². The zero-order valence-corrected chi connectivity index (χ0v) is 13.0. The highest BCUT2D eigenvalue weighted by Gasteiger charge is 2.11. The monoisotopic (exact) mass is 297 g/mol. The molecular formula is C14H20ClN3S. The van der Waals surface area contributed by atoms with E-state index in [1.54, 1.807) is 17.7 Å². The van der Waals surface area contributed by atoms with Crippen LogP contribution in [-0.2, 0) is 0 Å². The Labute approximate surface area is 123 Å². The summed E-state index contributed by atoms with van der Waals surface area (Å²) in [4.78, 5) is 8.71. The summed E-state index contributed by atoms with van der Waals surface area (Å²) in [5.41, 5.74) is 2.28. The minimum Gasteiger partial charge on any atom is -0.369 e. The summed E-state index contributed by atoms with van der Waals surface area (Å²) in [5, 5.41) is 5.60. The molecule has 0 amide bonds. The Morgan fingerprint density at radius 2 is 2.21 bits per heavy atom. The zero-order chi connectivity index (χ0) is 13.7. The molecule has 0 fully saturated rings. The van der Waals surface area contributed by atoms with Gasteiger partial charge in [0.05, 0.1) is 10.2 Å². The second-order valence-corrected chi connectivity index (χ2v) is 6.09. The van der Waals surface area contributed by atoms with Crippen molar-refractivity contribution < 1.29 is 0 Å². The lowest BCUT2D eigenvalue weighted by molar-refractivity contribution is 0.490. The van der Waals surface area contributed by atoms with E-state index in [-0.39, 0.29) is 0 Å². The van der Waals surface area contributed by atoms with Gasteiger partial charge in [0.2, 0.25) is 0 Å². The molecule has 1 N–H and O–H groups in total. The third-order valence-electron chi connectivity index (χ3n) is 3.30. The molecule has 0 aliphatic carbocycles. The molecule has 0 aliphatic heterocycles. The van der Waals surface area contributed by atoms with Gasteiger partial charge in [-0.1, -0.05) is 13.3 Å². The normalized spacial score (nSPS) is 12.8. The van der Waals surface area contributed by atoms with E-state index in [9.17, 15) is 0 Å². The number of halogens is 1. The van der Waals surface area contributed by atoms with Crippen LogP contribution in [0, 0.1) is 12.8 Å². The van der Waals surface area contributed by atoms with Crippen LogP contribution >= 0.6 is 22.9 Å². The number of nitrogens with zero attached hydrogens (tertiary/aromatic N) is 2. The average molecular weight is 298 g/mol. The molecule has 2 heterocycles. The predicted molar refractivity (Wildman–Crippen MR) is 84.4 cm³/mol. The number of aromatic nitrogens is 2. The van der Waals surface area contributed by atoms with Gasteiger partial charge in [-0.3, -0.25) is 0 Å². The third kappa shape index (κ3) is 3.57. The lowest BCUT2D eigenvalue weighted by Gasteiger charge is -2.16. The summed E-state index contributed by atoms with van der Waals surface area (Å²) in [6.07, 6.45) is 5.10. The Morgan fingerprint density at radius 3 is 2.95 bits per heavy atom. The van der Waals surface area contributed by atoms with Gasteiger partial charge in [0.1, 0.15) is 12.1 Å². The van der Waals surface area contributed by atoms with Crippen molar-refractivity contribution >= 4 is 39.0 Å².